The first-order chi connectivity index (χ1) is 11.4. The standard InChI is InChI=1S/C18H27N3O3/c1-10-11(2)24-12(3)16(10)18(23)20-9-13-8-14(17(19)22)15-6-4-5-7-21(13)15/h8,10-12,16H,4-7,9H2,1-3H3,(H2,19,22)(H,20,23). The third-order valence-electron chi connectivity index (χ3n) is 5.59. The first-order valence-corrected chi connectivity index (χ1v) is 8.84. The van der Waals surface area contributed by atoms with E-state index >= 15 is 0 Å². The molecule has 0 aromatic carbocycles. The third kappa shape index (κ3) is 2.95. The second-order valence-corrected chi connectivity index (χ2v) is 7.12. The monoisotopic (exact) mass is 333 g/mol. The summed E-state index contributed by atoms with van der Waals surface area (Å²) >= 11 is 0. The van der Waals surface area contributed by atoms with Gasteiger partial charge in [-0.25, -0.2) is 0 Å². The first kappa shape index (κ1) is 17.0. The number of carbonyl (C=O) groups excluding carboxylic acids is 2. The molecule has 6 heteroatoms. The third-order valence-corrected chi connectivity index (χ3v) is 5.59. The summed E-state index contributed by atoms with van der Waals surface area (Å²) < 4.78 is 7.90. The van der Waals surface area contributed by atoms with E-state index in [4.69, 9.17) is 10.5 Å². The van der Waals surface area contributed by atoms with Crippen molar-refractivity contribution >= 4 is 11.8 Å². The van der Waals surface area contributed by atoms with Crippen molar-refractivity contribution in [3.8, 4) is 0 Å². The van der Waals surface area contributed by atoms with E-state index < -0.39 is 5.91 Å². The maximum atomic E-state index is 12.6. The van der Waals surface area contributed by atoms with Gasteiger partial charge in [-0.1, -0.05) is 6.92 Å². The lowest BCUT2D eigenvalue weighted by atomic mass is 9.89. The molecule has 2 aliphatic heterocycles. The number of fused-ring (bicyclic) bond motifs is 1. The Hall–Kier alpha value is -1.82. The molecule has 1 aromatic rings. The van der Waals surface area contributed by atoms with Crippen LogP contribution in [0.4, 0.5) is 0 Å². The second-order valence-electron chi connectivity index (χ2n) is 7.12. The zero-order chi connectivity index (χ0) is 17.4. The lowest BCUT2D eigenvalue weighted by Crippen LogP contribution is -2.37. The Morgan fingerprint density at radius 2 is 2.04 bits per heavy atom. The average molecular weight is 333 g/mol. The maximum absolute atomic E-state index is 12.6. The van der Waals surface area contributed by atoms with Gasteiger partial charge in [-0.15, -0.1) is 0 Å². The zero-order valence-electron chi connectivity index (χ0n) is 14.7. The van der Waals surface area contributed by atoms with Crippen molar-refractivity contribution in [1.82, 2.24) is 9.88 Å². The number of ether oxygens (including phenoxy) is 1. The molecule has 4 unspecified atom stereocenters. The predicted octanol–water partition coefficient (Wildman–Crippen LogP) is 1.60. The van der Waals surface area contributed by atoms with Crippen LogP contribution in [0, 0.1) is 11.8 Å². The second kappa shape index (κ2) is 6.59. The zero-order valence-corrected chi connectivity index (χ0v) is 14.7. The van der Waals surface area contributed by atoms with E-state index in [1.54, 1.807) is 0 Å². The van der Waals surface area contributed by atoms with Gasteiger partial charge in [0.2, 0.25) is 5.91 Å². The van der Waals surface area contributed by atoms with Gasteiger partial charge in [-0.2, -0.15) is 0 Å². The molecule has 0 spiro atoms. The average Bonchev–Trinajstić information content (AvgIpc) is 3.03. The minimum atomic E-state index is -0.390. The van der Waals surface area contributed by atoms with Crippen molar-refractivity contribution in [3.63, 3.8) is 0 Å². The Morgan fingerprint density at radius 3 is 2.67 bits per heavy atom. The van der Waals surface area contributed by atoms with Crippen LogP contribution in [0.5, 0.6) is 0 Å². The highest BCUT2D eigenvalue weighted by Crippen LogP contribution is 2.32. The number of nitrogens with zero attached hydrogens (tertiary/aromatic N) is 1. The molecule has 24 heavy (non-hydrogen) atoms. The molecule has 2 amide bonds. The smallest absolute Gasteiger partial charge is 0.250 e. The van der Waals surface area contributed by atoms with Crippen LogP contribution in [0.25, 0.3) is 0 Å². The highest BCUT2D eigenvalue weighted by Gasteiger charge is 2.41. The highest BCUT2D eigenvalue weighted by atomic mass is 16.5. The Kier molecular flexibility index (Phi) is 4.67. The molecule has 4 atom stereocenters. The van der Waals surface area contributed by atoms with E-state index in [0.29, 0.717) is 12.1 Å². The van der Waals surface area contributed by atoms with Gasteiger partial charge in [0.15, 0.2) is 0 Å². The van der Waals surface area contributed by atoms with Crippen LogP contribution < -0.4 is 11.1 Å². The van der Waals surface area contributed by atoms with Gasteiger partial charge in [-0.3, -0.25) is 9.59 Å². The minimum Gasteiger partial charge on any atom is -0.374 e. The van der Waals surface area contributed by atoms with Crippen molar-refractivity contribution in [1.29, 1.82) is 0 Å². The summed E-state index contributed by atoms with van der Waals surface area (Å²) in [4.78, 5) is 24.3. The fraction of sp³-hybridized carbons (Fsp3) is 0.667. The molecule has 3 heterocycles. The summed E-state index contributed by atoms with van der Waals surface area (Å²) in [6, 6.07) is 1.84. The molecule has 0 bridgehead atoms. The van der Waals surface area contributed by atoms with E-state index in [1.807, 2.05) is 19.9 Å². The number of primary amides is 1. The number of nitrogens with one attached hydrogen (secondary N) is 1. The predicted molar refractivity (Wildman–Crippen MR) is 90.4 cm³/mol. The number of rotatable bonds is 4. The number of aromatic nitrogens is 1. The van der Waals surface area contributed by atoms with E-state index in [-0.39, 0.29) is 30.0 Å². The SMILES string of the molecule is CC1OC(C)C(C(=O)NCc2cc(C(N)=O)c3n2CCCC3)C1C. The van der Waals surface area contributed by atoms with Crippen LogP contribution in [0.3, 0.4) is 0 Å². The maximum Gasteiger partial charge on any atom is 0.250 e. The van der Waals surface area contributed by atoms with Crippen LogP contribution >= 0.6 is 0 Å². The Morgan fingerprint density at radius 1 is 1.29 bits per heavy atom. The Labute approximate surface area is 142 Å². The molecule has 0 aliphatic carbocycles. The van der Waals surface area contributed by atoms with Crippen LogP contribution in [-0.4, -0.2) is 28.6 Å². The molecular formula is C18H27N3O3. The van der Waals surface area contributed by atoms with E-state index in [1.165, 1.54) is 0 Å². The fourth-order valence-electron chi connectivity index (χ4n) is 4.13. The van der Waals surface area contributed by atoms with Crippen molar-refractivity contribution in [2.75, 3.05) is 0 Å². The van der Waals surface area contributed by atoms with Gasteiger partial charge in [-0.05, 0) is 45.1 Å². The topological polar surface area (TPSA) is 86.3 Å². The molecule has 0 radical (unpaired) electrons. The molecule has 0 saturated carbocycles. The largest absolute Gasteiger partial charge is 0.374 e. The first-order valence-electron chi connectivity index (χ1n) is 8.84. The van der Waals surface area contributed by atoms with Crippen molar-refractivity contribution in [3.05, 3.63) is 23.0 Å². The normalized spacial score (nSPS) is 29.3. The van der Waals surface area contributed by atoms with E-state index in [2.05, 4.69) is 16.8 Å². The molecule has 1 saturated heterocycles. The molecule has 3 rings (SSSR count). The summed E-state index contributed by atoms with van der Waals surface area (Å²) in [7, 11) is 0. The van der Waals surface area contributed by atoms with Gasteiger partial charge in [0.25, 0.3) is 5.91 Å². The van der Waals surface area contributed by atoms with Crippen molar-refractivity contribution < 1.29 is 14.3 Å². The Bertz CT molecular complexity index is 652. The number of nitrogens with two attached hydrogens (primary N) is 1. The fourth-order valence-corrected chi connectivity index (χ4v) is 4.13. The molecule has 132 valence electrons. The van der Waals surface area contributed by atoms with Crippen molar-refractivity contribution in [2.45, 2.75) is 65.3 Å². The van der Waals surface area contributed by atoms with Crippen LogP contribution in [0.2, 0.25) is 0 Å². The number of carbonyl (C=O) groups is 2. The van der Waals surface area contributed by atoms with Crippen LogP contribution in [0.1, 0.15) is 55.4 Å². The minimum absolute atomic E-state index is 0.0198. The molecule has 3 N–H and O–H groups in total. The molecular weight excluding hydrogens is 306 g/mol. The van der Waals surface area contributed by atoms with Crippen LogP contribution in [0.15, 0.2) is 6.07 Å². The Balaban J connectivity index is 1.73. The summed E-state index contributed by atoms with van der Waals surface area (Å²) in [5, 5.41) is 3.03. The van der Waals surface area contributed by atoms with Gasteiger partial charge < -0.3 is 20.4 Å². The lowest BCUT2D eigenvalue weighted by Gasteiger charge is -2.21. The molecule has 1 aromatic heterocycles. The molecule has 1 fully saturated rings. The summed E-state index contributed by atoms with van der Waals surface area (Å²) in [6.45, 7) is 7.32. The number of amides is 2. The quantitative estimate of drug-likeness (QED) is 0.877. The number of hydrogen-bond acceptors (Lipinski definition) is 3. The molecule has 6 nitrogen and oxygen atoms in total. The summed E-state index contributed by atoms with van der Waals surface area (Å²) in [5.74, 6) is -0.307. The highest BCUT2D eigenvalue weighted by molar-refractivity contribution is 5.94. The molecule has 2 aliphatic rings. The van der Waals surface area contributed by atoms with Gasteiger partial charge in [0.1, 0.15) is 0 Å². The van der Waals surface area contributed by atoms with Crippen LogP contribution in [-0.2, 0) is 29.0 Å². The van der Waals surface area contributed by atoms with E-state index in [9.17, 15) is 9.59 Å². The summed E-state index contributed by atoms with van der Waals surface area (Å²) in [5.41, 5.74) is 8.07. The van der Waals surface area contributed by atoms with Gasteiger partial charge >= 0.3 is 0 Å². The van der Waals surface area contributed by atoms with Gasteiger partial charge in [0, 0.05) is 17.9 Å². The van der Waals surface area contributed by atoms with Crippen molar-refractivity contribution in [2.24, 2.45) is 17.6 Å². The lowest BCUT2D eigenvalue weighted by molar-refractivity contribution is -0.127. The van der Waals surface area contributed by atoms with Gasteiger partial charge in [0.05, 0.1) is 30.2 Å². The summed E-state index contributed by atoms with van der Waals surface area (Å²) in [6.07, 6.45) is 3.05. The number of hydrogen-bond donors (Lipinski definition) is 2. The van der Waals surface area contributed by atoms with E-state index in [0.717, 1.165) is 37.2 Å².